The minimum Gasteiger partial charge on any atom is -0.497 e. The van der Waals surface area contributed by atoms with Gasteiger partial charge < -0.3 is 10.5 Å². The molecule has 2 rings (SSSR count). The molecule has 0 aliphatic carbocycles. The molecule has 21 heavy (non-hydrogen) atoms. The average molecular weight is 369 g/mol. The van der Waals surface area contributed by atoms with Crippen molar-refractivity contribution in [2.45, 2.75) is 12.8 Å². The fourth-order valence-corrected chi connectivity index (χ4v) is 2.87. The van der Waals surface area contributed by atoms with Gasteiger partial charge in [0.15, 0.2) is 0 Å². The maximum Gasteiger partial charge on any atom is 0.119 e. The number of ether oxygens (including phenoxy) is 1. The second-order valence-electron chi connectivity index (χ2n) is 5.09. The molecular weight excluding hydrogens is 350 g/mol. The molecule has 0 bridgehead atoms. The van der Waals surface area contributed by atoms with Crippen molar-refractivity contribution in [2.75, 3.05) is 13.7 Å². The van der Waals surface area contributed by atoms with Crippen molar-refractivity contribution in [2.24, 2.45) is 11.7 Å². The molecule has 0 fully saturated rings. The van der Waals surface area contributed by atoms with Gasteiger partial charge in [0.1, 0.15) is 5.75 Å². The fraction of sp³-hybridized carbons (Fsp3) is 0.294. The number of hydrogen-bond donors (Lipinski definition) is 1. The third-order valence-electron chi connectivity index (χ3n) is 3.53. The van der Waals surface area contributed by atoms with Crippen LogP contribution in [0.1, 0.15) is 11.1 Å². The number of rotatable bonds is 6. The Morgan fingerprint density at radius 2 is 1.86 bits per heavy atom. The van der Waals surface area contributed by atoms with Crippen LogP contribution in [-0.2, 0) is 12.8 Å². The number of hydrogen-bond acceptors (Lipinski definition) is 2. The van der Waals surface area contributed by atoms with E-state index in [1.165, 1.54) is 11.1 Å². The van der Waals surface area contributed by atoms with Crippen molar-refractivity contribution in [3.8, 4) is 5.75 Å². The Morgan fingerprint density at radius 3 is 2.48 bits per heavy atom. The average Bonchev–Trinajstić information content (AvgIpc) is 2.50. The molecule has 0 heterocycles. The first kappa shape index (κ1) is 16.3. The Labute approximate surface area is 139 Å². The Hall–Kier alpha value is -1.03. The lowest BCUT2D eigenvalue weighted by Crippen LogP contribution is -2.19. The maximum absolute atomic E-state index is 5.95. The van der Waals surface area contributed by atoms with E-state index in [1.54, 1.807) is 7.11 Å². The first-order chi connectivity index (χ1) is 10.1. The number of methoxy groups -OCH3 is 1. The normalized spacial score (nSPS) is 12.2. The van der Waals surface area contributed by atoms with Crippen LogP contribution in [0.25, 0.3) is 0 Å². The summed E-state index contributed by atoms with van der Waals surface area (Å²) in [6.45, 7) is 0.645. The van der Waals surface area contributed by atoms with Crippen LogP contribution in [0.3, 0.4) is 0 Å². The molecule has 2 N–H and O–H groups in total. The number of benzene rings is 2. The molecular formula is C17H19BrClNO. The van der Waals surface area contributed by atoms with Gasteiger partial charge in [-0.1, -0.05) is 39.7 Å². The zero-order valence-corrected chi connectivity index (χ0v) is 14.3. The predicted molar refractivity (Wildman–Crippen MR) is 92.1 cm³/mol. The lowest BCUT2D eigenvalue weighted by atomic mass is 9.92. The Morgan fingerprint density at radius 1 is 1.14 bits per heavy atom. The molecule has 112 valence electrons. The van der Waals surface area contributed by atoms with Crippen molar-refractivity contribution in [3.63, 3.8) is 0 Å². The molecule has 2 aromatic rings. The molecule has 1 unspecified atom stereocenters. The third kappa shape index (κ3) is 4.73. The molecule has 0 aromatic heterocycles. The summed E-state index contributed by atoms with van der Waals surface area (Å²) in [5.41, 5.74) is 8.43. The lowest BCUT2D eigenvalue weighted by molar-refractivity contribution is 0.413. The largest absolute Gasteiger partial charge is 0.497 e. The van der Waals surface area contributed by atoms with E-state index in [9.17, 15) is 0 Å². The quantitative estimate of drug-likeness (QED) is 0.816. The Kier molecular flexibility index (Phi) is 6.09. The summed E-state index contributed by atoms with van der Waals surface area (Å²) in [6.07, 6.45) is 1.86. The van der Waals surface area contributed by atoms with Gasteiger partial charge in [0.25, 0.3) is 0 Å². The van der Waals surface area contributed by atoms with E-state index in [-0.39, 0.29) is 0 Å². The van der Waals surface area contributed by atoms with Crippen LogP contribution in [-0.4, -0.2) is 13.7 Å². The summed E-state index contributed by atoms with van der Waals surface area (Å²) in [4.78, 5) is 0. The summed E-state index contributed by atoms with van der Waals surface area (Å²) in [7, 11) is 1.68. The van der Waals surface area contributed by atoms with Crippen molar-refractivity contribution in [1.29, 1.82) is 0 Å². The number of nitrogens with two attached hydrogens (primary N) is 1. The molecule has 4 heteroatoms. The maximum atomic E-state index is 5.95. The summed E-state index contributed by atoms with van der Waals surface area (Å²) in [6, 6.07) is 14.0. The smallest absolute Gasteiger partial charge is 0.119 e. The van der Waals surface area contributed by atoms with Crippen molar-refractivity contribution in [3.05, 3.63) is 63.1 Å². The van der Waals surface area contributed by atoms with Gasteiger partial charge in [-0.2, -0.15) is 0 Å². The minimum atomic E-state index is 0.384. The van der Waals surface area contributed by atoms with E-state index in [2.05, 4.69) is 34.1 Å². The van der Waals surface area contributed by atoms with Crippen LogP contribution in [0.2, 0.25) is 5.02 Å². The van der Waals surface area contributed by atoms with Gasteiger partial charge in [-0.25, -0.2) is 0 Å². The molecule has 0 aliphatic rings. The molecule has 0 amide bonds. The second kappa shape index (κ2) is 7.83. The first-order valence-corrected chi connectivity index (χ1v) is 8.06. The van der Waals surface area contributed by atoms with Gasteiger partial charge in [-0.15, -0.1) is 0 Å². The summed E-state index contributed by atoms with van der Waals surface area (Å²) < 4.78 is 6.38. The highest BCUT2D eigenvalue weighted by Crippen LogP contribution is 2.26. The monoisotopic (exact) mass is 367 g/mol. The van der Waals surface area contributed by atoms with Crippen molar-refractivity contribution < 1.29 is 4.74 Å². The van der Waals surface area contributed by atoms with E-state index >= 15 is 0 Å². The Bertz CT molecular complexity index is 586. The van der Waals surface area contributed by atoms with Crippen LogP contribution >= 0.6 is 27.5 Å². The van der Waals surface area contributed by atoms with Gasteiger partial charge in [-0.3, -0.25) is 0 Å². The molecule has 2 nitrogen and oxygen atoms in total. The van der Waals surface area contributed by atoms with Crippen LogP contribution in [0, 0.1) is 5.92 Å². The van der Waals surface area contributed by atoms with Crippen LogP contribution in [0.5, 0.6) is 5.75 Å². The van der Waals surface area contributed by atoms with E-state index in [1.807, 2.05) is 24.3 Å². The Balaban J connectivity index is 2.10. The molecule has 0 saturated carbocycles. The van der Waals surface area contributed by atoms with Crippen molar-refractivity contribution >= 4 is 27.5 Å². The lowest BCUT2D eigenvalue weighted by Gasteiger charge is -2.16. The molecule has 2 aromatic carbocycles. The SMILES string of the molecule is COc1ccc(Br)c(CC(CN)Cc2ccc(Cl)cc2)c1. The minimum absolute atomic E-state index is 0.384. The highest BCUT2D eigenvalue weighted by atomic mass is 79.9. The summed E-state index contributed by atoms with van der Waals surface area (Å²) in [5.74, 6) is 1.25. The first-order valence-electron chi connectivity index (χ1n) is 6.89. The van der Waals surface area contributed by atoms with Gasteiger partial charge in [0.2, 0.25) is 0 Å². The van der Waals surface area contributed by atoms with Crippen LogP contribution < -0.4 is 10.5 Å². The van der Waals surface area contributed by atoms with E-state index < -0.39 is 0 Å². The standard InChI is InChI=1S/C17H19BrClNO/c1-21-16-6-7-17(18)14(10-16)9-13(11-20)8-12-2-4-15(19)5-3-12/h2-7,10,13H,8-9,11,20H2,1H3. The molecule has 0 radical (unpaired) electrons. The second-order valence-corrected chi connectivity index (χ2v) is 6.38. The third-order valence-corrected chi connectivity index (χ3v) is 4.56. The summed E-state index contributed by atoms with van der Waals surface area (Å²) >= 11 is 9.52. The fourth-order valence-electron chi connectivity index (χ4n) is 2.34. The van der Waals surface area contributed by atoms with E-state index in [4.69, 9.17) is 22.1 Å². The van der Waals surface area contributed by atoms with Crippen LogP contribution in [0.4, 0.5) is 0 Å². The van der Waals surface area contributed by atoms with Gasteiger partial charge >= 0.3 is 0 Å². The molecule has 0 aliphatic heterocycles. The molecule has 1 atom stereocenters. The van der Waals surface area contributed by atoms with E-state index in [0.29, 0.717) is 12.5 Å². The zero-order valence-electron chi connectivity index (χ0n) is 12.0. The summed E-state index contributed by atoms with van der Waals surface area (Å²) in [5, 5.41) is 0.763. The van der Waals surface area contributed by atoms with Crippen LogP contribution in [0.15, 0.2) is 46.9 Å². The topological polar surface area (TPSA) is 35.2 Å². The van der Waals surface area contributed by atoms with Gasteiger partial charge in [0.05, 0.1) is 7.11 Å². The number of halogens is 2. The highest BCUT2D eigenvalue weighted by Gasteiger charge is 2.12. The van der Waals surface area contributed by atoms with Gasteiger partial charge in [-0.05, 0) is 66.8 Å². The zero-order chi connectivity index (χ0) is 15.2. The van der Waals surface area contributed by atoms with Crippen molar-refractivity contribution in [1.82, 2.24) is 0 Å². The van der Waals surface area contributed by atoms with Gasteiger partial charge in [0, 0.05) is 9.50 Å². The molecule has 0 saturated heterocycles. The van der Waals surface area contributed by atoms with E-state index in [0.717, 1.165) is 28.1 Å². The highest BCUT2D eigenvalue weighted by molar-refractivity contribution is 9.10. The predicted octanol–water partition coefficient (Wildman–Crippen LogP) is 4.47. The molecule has 0 spiro atoms.